The Bertz CT molecular complexity index is 921. The van der Waals surface area contributed by atoms with Crippen molar-refractivity contribution in [1.82, 2.24) is 9.80 Å². The summed E-state index contributed by atoms with van der Waals surface area (Å²) in [5, 5.41) is 0. The molecule has 1 saturated heterocycles. The summed E-state index contributed by atoms with van der Waals surface area (Å²) in [6.07, 6.45) is 0.809. The quantitative estimate of drug-likeness (QED) is 0.495. The Balaban J connectivity index is 1.70. The molecule has 1 amide bonds. The maximum atomic E-state index is 14.6. The maximum absolute atomic E-state index is 14.6. The molecular weight excluding hydrogens is 442 g/mol. The lowest BCUT2D eigenvalue weighted by Crippen LogP contribution is -2.46. The topological polar surface area (TPSA) is 51.2 Å². The van der Waals surface area contributed by atoms with Gasteiger partial charge in [-0.1, -0.05) is 26.0 Å². The molecule has 3 rings (SSSR count). The summed E-state index contributed by atoms with van der Waals surface area (Å²) in [5.74, 6) is -0.235. The van der Waals surface area contributed by atoms with E-state index in [1.165, 1.54) is 12.0 Å². The molecule has 6 nitrogen and oxygen atoms in total. The van der Waals surface area contributed by atoms with Crippen LogP contribution in [0, 0.1) is 17.6 Å². The molecule has 0 radical (unpaired) electrons. The minimum Gasteiger partial charge on any atom is -0.497 e. The van der Waals surface area contributed by atoms with E-state index in [0.717, 1.165) is 36.5 Å². The Hall–Kier alpha value is -2.87. The molecule has 1 fully saturated rings. The Morgan fingerprint density at radius 3 is 2.26 bits per heavy atom. The molecule has 34 heavy (non-hydrogen) atoms. The third-order valence-corrected chi connectivity index (χ3v) is 5.91. The van der Waals surface area contributed by atoms with Crippen LogP contribution >= 0.6 is 0 Å². The molecule has 0 bridgehead atoms. The van der Waals surface area contributed by atoms with E-state index < -0.39 is 17.7 Å². The second-order valence-corrected chi connectivity index (χ2v) is 9.14. The predicted molar refractivity (Wildman–Crippen MR) is 126 cm³/mol. The Kier molecular flexibility index (Phi) is 9.10. The number of nitrogens with zero attached hydrogens (tertiary/aromatic N) is 2. The van der Waals surface area contributed by atoms with Crippen molar-refractivity contribution in [3.63, 3.8) is 0 Å². The van der Waals surface area contributed by atoms with Gasteiger partial charge >= 0.3 is 6.09 Å². The first-order valence-electron chi connectivity index (χ1n) is 11.6. The van der Waals surface area contributed by atoms with Crippen LogP contribution in [0.2, 0.25) is 0 Å². The Morgan fingerprint density at radius 2 is 1.71 bits per heavy atom. The van der Waals surface area contributed by atoms with Crippen LogP contribution in [0.15, 0.2) is 36.4 Å². The highest BCUT2D eigenvalue weighted by molar-refractivity contribution is 5.68. The average molecular weight is 477 g/mol. The van der Waals surface area contributed by atoms with Gasteiger partial charge in [0.05, 0.1) is 20.3 Å². The third kappa shape index (κ3) is 7.06. The summed E-state index contributed by atoms with van der Waals surface area (Å²) >= 11 is 0. The van der Waals surface area contributed by atoms with Gasteiger partial charge in [0.15, 0.2) is 0 Å². The highest BCUT2D eigenvalue weighted by atomic mass is 19.1. The molecule has 1 aliphatic heterocycles. The third-order valence-electron chi connectivity index (χ3n) is 5.91. The van der Waals surface area contributed by atoms with Gasteiger partial charge in [-0.2, -0.15) is 0 Å². The molecule has 0 saturated carbocycles. The molecule has 1 aliphatic rings. The average Bonchev–Trinajstić information content (AvgIpc) is 2.82. The molecular formula is C26H34F2N2O4. The van der Waals surface area contributed by atoms with Crippen LogP contribution in [0.25, 0.3) is 0 Å². The number of carbonyl (C=O) groups excluding carboxylic acids is 1. The van der Waals surface area contributed by atoms with Gasteiger partial charge in [0.2, 0.25) is 0 Å². The van der Waals surface area contributed by atoms with Crippen LogP contribution in [0.4, 0.5) is 13.6 Å². The van der Waals surface area contributed by atoms with Gasteiger partial charge in [0, 0.05) is 23.7 Å². The number of ether oxygens (including phenoxy) is 3. The molecule has 2 aromatic carbocycles. The van der Waals surface area contributed by atoms with Gasteiger partial charge in [-0.15, -0.1) is 0 Å². The first kappa shape index (κ1) is 25.7. The number of carbonyl (C=O) groups is 1. The fraction of sp³-hybridized carbons (Fsp3) is 0.500. The summed E-state index contributed by atoms with van der Waals surface area (Å²) in [6, 6.07) is 9.43. The summed E-state index contributed by atoms with van der Waals surface area (Å²) < 4.78 is 45.4. The molecule has 186 valence electrons. The number of hydrogen-bond donors (Lipinski definition) is 0. The highest BCUT2D eigenvalue weighted by Gasteiger charge is 2.30. The number of methoxy groups -OCH3 is 1. The highest BCUT2D eigenvalue weighted by Crippen LogP contribution is 2.26. The van der Waals surface area contributed by atoms with E-state index in [0.29, 0.717) is 25.4 Å². The van der Waals surface area contributed by atoms with Crippen LogP contribution in [-0.2, 0) is 17.9 Å². The van der Waals surface area contributed by atoms with E-state index in [9.17, 15) is 13.6 Å². The molecule has 0 aromatic heterocycles. The molecule has 8 heteroatoms. The van der Waals surface area contributed by atoms with E-state index in [-0.39, 0.29) is 30.5 Å². The fourth-order valence-electron chi connectivity index (χ4n) is 3.84. The van der Waals surface area contributed by atoms with Crippen LogP contribution in [0.3, 0.4) is 0 Å². The fourth-order valence-corrected chi connectivity index (χ4v) is 3.84. The van der Waals surface area contributed by atoms with Crippen LogP contribution in [0.1, 0.15) is 37.8 Å². The lowest BCUT2D eigenvalue weighted by Gasteiger charge is -2.36. The van der Waals surface area contributed by atoms with Gasteiger partial charge in [-0.3, -0.25) is 0 Å². The minimum absolute atomic E-state index is 0.0555. The molecule has 1 heterocycles. The second-order valence-electron chi connectivity index (χ2n) is 9.14. The normalized spacial score (nSPS) is 14.8. The summed E-state index contributed by atoms with van der Waals surface area (Å²) in [7, 11) is 3.36. The largest absolute Gasteiger partial charge is 0.497 e. The number of halogens is 2. The Labute approximate surface area is 200 Å². The van der Waals surface area contributed by atoms with E-state index in [1.807, 2.05) is 31.3 Å². The van der Waals surface area contributed by atoms with Crippen LogP contribution < -0.4 is 9.47 Å². The standard InChI is InChI=1S/C26H34F2N2O4/c1-18(2)16-33-21-7-5-19(6-8-21)17-34-26(31)30(20-9-11-29(3)12-10-20)15-23-24(27)13-22(32-4)14-25(23)28/h5-8,13-14,18,20H,9-12,15-17H2,1-4H3. The number of piperidine rings is 1. The molecule has 0 aliphatic carbocycles. The molecule has 0 spiro atoms. The van der Waals surface area contributed by atoms with Gasteiger partial charge in [0.25, 0.3) is 0 Å². The summed E-state index contributed by atoms with van der Waals surface area (Å²) in [6.45, 7) is 6.20. The van der Waals surface area contributed by atoms with Crippen molar-refractivity contribution in [3.05, 3.63) is 59.2 Å². The molecule has 0 atom stereocenters. The van der Waals surface area contributed by atoms with Crippen LogP contribution in [0.5, 0.6) is 11.5 Å². The first-order chi connectivity index (χ1) is 16.3. The monoisotopic (exact) mass is 476 g/mol. The zero-order valence-electron chi connectivity index (χ0n) is 20.4. The van der Waals surface area contributed by atoms with Crippen molar-refractivity contribution in [2.75, 3.05) is 33.9 Å². The minimum atomic E-state index is -0.750. The van der Waals surface area contributed by atoms with Gasteiger partial charge in [0.1, 0.15) is 29.7 Å². The lowest BCUT2D eigenvalue weighted by molar-refractivity contribution is 0.0594. The van der Waals surface area contributed by atoms with E-state index in [1.54, 1.807) is 0 Å². The van der Waals surface area contributed by atoms with Crippen molar-refractivity contribution in [2.24, 2.45) is 5.92 Å². The van der Waals surface area contributed by atoms with Gasteiger partial charge in [-0.05, 0) is 56.6 Å². The van der Waals surface area contributed by atoms with E-state index >= 15 is 0 Å². The van der Waals surface area contributed by atoms with Gasteiger partial charge < -0.3 is 24.0 Å². The summed E-state index contributed by atoms with van der Waals surface area (Å²) in [5.41, 5.74) is 0.624. The van der Waals surface area contributed by atoms with Crippen molar-refractivity contribution >= 4 is 6.09 Å². The molecule has 0 unspecified atom stereocenters. The van der Waals surface area contributed by atoms with E-state index in [2.05, 4.69) is 18.7 Å². The predicted octanol–water partition coefficient (Wildman–Crippen LogP) is 5.24. The SMILES string of the molecule is COc1cc(F)c(CN(C(=O)OCc2ccc(OCC(C)C)cc2)C2CCN(C)CC2)c(F)c1. The zero-order chi connectivity index (χ0) is 24.7. The first-order valence-corrected chi connectivity index (χ1v) is 11.6. The molecule has 0 N–H and O–H groups in total. The van der Waals surface area contributed by atoms with E-state index in [4.69, 9.17) is 14.2 Å². The number of benzene rings is 2. The number of rotatable bonds is 9. The van der Waals surface area contributed by atoms with Crippen molar-refractivity contribution in [2.45, 2.75) is 45.9 Å². The number of amides is 1. The zero-order valence-corrected chi connectivity index (χ0v) is 20.4. The molecule has 2 aromatic rings. The van der Waals surface area contributed by atoms with Crippen molar-refractivity contribution in [3.8, 4) is 11.5 Å². The van der Waals surface area contributed by atoms with Crippen molar-refractivity contribution < 1.29 is 27.8 Å². The number of likely N-dealkylation sites (tertiary alicyclic amines) is 1. The van der Waals surface area contributed by atoms with Crippen LogP contribution in [-0.4, -0.2) is 55.8 Å². The second kappa shape index (κ2) is 12.0. The number of hydrogen-bond acceptors (Lipinski definition) is 5. The lowest BCUT2D eigenvalue weighted by atomic mass is 10.0. The summed E-state index contributed by atoms with van der Waals surface area (Å²) in [4.78, 5) is 16.7. The smallest absolute Gasteiger partial charge is 0.410 e. The van der Waals surface area contributed by atoms with Gasteiger partial charge in [-0.25, -0.2) is 13.6 Å². The van der Waals surface area contributed by atoms with Crippen molar-refractivity contribution in [1.29, 1.82) is 0 Å². The Morgan fingerprint density at radius 1 is 1.09 bits per heavy atom. The maximum Gasteiger partial charge on any atom is 0.410 e.